The van der Waals surface area contributed by atoms with Crippen LogP contribution in [0.1, 0.15) is 50.5 Å². The van der Waals surface area contributed by atoms with Gasteiger partial charge in [0.05, 0.1) is 12.7 Å². The van der Waals surface area contributed by atoms with Crippen molar-refractivity contribution in [2.75, 3.05) is 26.7 Å². The van der Waals surface area contributed by atoms with E-state index in [0.717, 1.165) is 19.3 Å². The summed E-state index contributed by atoms with van der Waals surface area (Å²) in [5.74, 6) is -0.0739. The molecule has 1 aromatic heterocycles. The van der Waals surface area contributed by atoms with E-state index in [0.29, 0.717) is 18.8 Å². The normalized spacial score (nSPS) is 18.3. The Balaban J connectivity index is 1.93. The first-order valence-electron chi connectivity index (χ1n) is 8.73. The Kier molecular flexibility index (Phi) is 6.47. The van der Waals surface area contributed by atoms with E-state index in [4.69, 9.17) is 4.74 Å². The number of ether oxygens (including phenoxy) is 1. The fourth-order valence-corrected chi connectivity index (χ4v) is 2.94. The van der Waals surface area contributed by atoms with Crippen molar-refractivity contribution in [3.05, 3.63) is 24.3 Å². The van der Waals surface area contributed by atoms with Crippen molar-refractivity contribution in [2.24, 2.45) is 0 Å². The van der Waals surface area contributed by atoms with Gasteiger partial charge in [0.25, 0.3) is 0 Å². The van der Waals surface area contributed by atoms with Crippen LogP contribution in [0.3, 0.4) is 0 Å². The first-order chi connectivity index (χ1) is 11.8. The number of likely N-dealkylation sites (N-methyl/N-ethyl adjacent to an activating group) is 1. The molecule has 7 nitrogen and oxygen atoms in total. The standard InChI is InChI=1S/C18H28N4O3/c1-18(2,3)25-17(24)22-10-6-5-7-14(22)12-21(4)13-16(23)15-11-19-8-9-20-15/h8-9,11,14H,5-7,10,12-13H2,1-4H3/t14-/m0/s1. The van der Waals surface area contributed by atoms with Gasteiger partial charge in [-0.25, -0.2) is 9.78 Å². The van der Waals surface area contributed by atoms with Crippen molar-refractivity contribution < 1.29 is 14.3 Å². The van der Waals surface area contributed by atoms with Crippen molar-refractivity contribution in [3.63, 3.8) is 0 Å². The van der Waals surface area contributed by atoms with Gasteiger partial charge >= 0.3 is 6.09 Å². The number of aromatic nitrogens is 2. The summed E-state index contributed by atoms with van der Waals surface area (Å²) in [5, 5.41) is 0. The molecule has 138 valence electrons. The summed E-state index contributed by atoms with van der Waals surface area (Å²) in [4.78, 5) is 36.4. The Morgan fingerprint density at radius 3 is 2.72 bits per heavy atom. The van der Waals surface area contributed by atoms with Crippen LogP contribution in [0.5, 0.6) is 0 Å². The van der Waals surface area contributed by atoms with Crippen LogP contribution in [0.15, 0.2) is 18.6 Å². The fourth-order valence-electron chi connectivity index (χ4n) is 2.94. The monoisotopic (exact) mass is 348 g/mol. The second-order valence-electron chi connectivity index (χ2n) is 7.53. The number of ketones is 1. The van der Waals surface area contributed by atoms with Gasteiger partial charge in [-0.2, -0.15) is 0 Å². The van der Waals surface area contributed by atoms with Crippen LogP contribution in [0.25, 0.3) is 0 Å². The van der Waals surface area contributed by atoms with Gasteiger partial charge in [-0.1, -0.05) is 0 Å². The molecule has 2 heterocycles. The zero-order chi connectivity index (χ0) is 18.4. The van der Waals surface area contributed by atoms with Crippen LogP contribution in [0.4, 0.5) is 4.79 Å². The van der Waals surface area contributed by atoms with E-state index in [2.05, 4.69) is 9.97 Å². The molecule has 0 bridgehead atoms. The van der Waals surface area contributed by atoms with E-state index in [-0.39, 0.29) is 24.5 Å². The zero-order valence-corrected chi connectivity index (χ0v) is 15.6. The number of carbonyl (C=O) groups excluding carboxylic acids is 2. The molecule has 1 atom stereocenters. The molecule has 0 radical (unpaired) electrons. The van der Waals surface area contributed by atoms with Gasteiger partial charge < -0.3 is 9.64 Å². The van der Waals surface area contributed by atoms with Gasteiger partial charge in [0.15, 0.2) is 5.78 Å². The minimum Gasteiger partial charge on any atom is -0.444 e. The molecule has 1 saturated heterocycles. The number of Topliss-reactive ketones (excluding diaryl/α,β-unsaturated/α-hetero) is 1. The van der Waals surface area contributed by atoms with Crippen molar-refractivity contribution in [1.29, 1.82) is 0 Å². The molecule has 7 heteroatoms. The largest absolute Gasteiger partial charge is 0.444 e. The third-order valence-corrected chi connectivity index (χ3v) is 4.04. The van der Waals surface area contributed by atoms with E-state index in [1.54, 1.807) is 11.1 Å². The Morgan fingerprint density at radius 2 is 2.08 bits per heavy atom. The molecular weight excluding hydrogens is 320 g/mol. The topological polar surface area (TPSA) is 75.6 Å². The highest BCUT2D eigenvalue weighted by molar-refractivity contribution is 5.95. The maximum absolute atomic E-state index is 12.4. The molecule has 0 aliphatic carbocycles. The summed E-state index contributed by atoms with van der Waals surface area (Å²) in [6.45, 7) is 7.19. The lowest BCUT2D eigenvalue weighted by molar-refractivity contribution is 0.00638. The van der Waals surface area contributed by atoms with E-state index >= 15 is 0 Å². The van der Waals surface area contributed by atoms with E-state index in [9.17, 15) is 9.59 Å². The Hall–Kier alpha value is -2.02. The number of carbonyl (C=O) groups is 2. The Bertz CT molecular complexity index is 586. The highest BCUT2D eigenvalue weighted by Gasteiger charge is 2.31. The second kappa shape index (κ2) is 8.38. The lowest BCUT2D eigenvalue weighted by Crippen LogP contribution is -2.50. The molecule has 0 aromatic carbocycles. The zero-order valence-electron chi connectivity index (χ0n) is 15.6. The van der Waals surface area contributed by atoms with Crippen molar-refractivity contribution in [2.45, 2.75) is 51.7 Å². The number of likely N-dealkylation sites (tertiary alicyclic amines) is 1. The molecule has 1 aliphatic heterocycles. The summed E-state index contributed by atoms with van der Waals surface area (Å²) in [6.07, 6.45) is 7.24. The lowest BCUT2D eigenvalue weighted by Gasteiger charge is -2.38. The van der Waals surface area contributed by atoms with Crippen LogP contribution in [0, 0.1) is 0 Å². The summed E-state index contributed by atoms with van der Waals surface area (Å²) in [5.41, 5.74) is -0.144. The van der Waals surface area contributed by atoms with Crippen LogP contribution in [-0.4, -0.2) is 70.0 Å². The molecule has 0 spiro atoms. The predicted molar refractivity (Wildman–Crippen MR) is 94.4 cm³/mol. The highest BCUT2D eigenvalue weighted by Crippen LogP contribution is 2.21. The van der Waals surface area contributed by atoms with Gasteiger partial charge in [0.1, 0.15) is 11.3 Å². The lowest BCUT2D eigenvalue weighted by atomic mass is 10.0. The van der Waals surface area contributed by atoms with Crippen LogP contribution < -0.4 is 0 Å². The third kappa shape index (κ3) is 6.08. The van der Waals surface area contributed by atoms with E-state index in [1.165, 1.54) is 12.4 Å². The number of hydrogen-bond acceptors (Lipinski definition) is 6. The van der Waals surface area contributed by atoms with Gasteiger partial charge in [-0.15, -0.1) is 0 Å². The van der Waals surface area contributed by atoms with Crippen LogP contribution in [0.2, 0.25) is 0 Å². The Labute approximate surface area is 149 Å². The number of piperidine rings is 1. The first-order valence-corrected chi connectivity index (χ1v) is 8.73. The van der Waals surface area contributed by atoms with Crippen molar-refractivity contribution in [1.82, 2.24) is 19.8 Å². The van der Waals surface area contributed by atoms with Crippen molar-refractivity contribution >= 4 is 11.9 Å². The van der Waals surface area contributed by atoms with Gasteiger partial charge in [-0.3, -0.25) is 14.7 Å². The van der Waals surface area contributed by atoms with Gasteiger partial charge in [0, 0.05) is 31.5 Å². The molecular formula is C18H28N4O3. The fraction of sp³-hybridized carbons (Fsp3) is 0.667. The molecule has 0 N–H and O–H groups in total. The average Bonchev–Trinajstić information content (AvgIpc) is 2.54. The van der Waals surface area contributed by atoms with Gasteiger partial charge in [0.2, 0.25) is 0 Å². The van der Waals surface area contributed by atoms with Crippen LogP contribution in [-0.2, 0) is 4.74 Å². The molecule has 1 fully saturated rings. The quantitative estimate of drug-likeness (QED) is 0.761. The van der Waals surface area contributed by atoms with E-state index in [1.807, 2.05) is 32.7 Å². The summed E-state index contributed by atoms with van der Waals surface area (Å²) >= 11 is 0. The maximum atomic E-state index is 12.4. The number of amides is 1. The SMILES string of the molecule is CN(CC(=O)c1cnccn1)C[C@@H]1CCCCN1C(=O)OC(C)(C)C. The highest BCUT2D eigenvalue weighted by atomic mass is 16.6. The number of hydrogen-bond donors (Lipinski definition) is 0. The third-order valence-electron chi connectivity index (χ3n) is 4.04. The summed E-state index contributed by atoms with van der Waals surface area (Å²) < 4.78 is 5.52. The molecule has 1 aliphatic rings. The summed E-state index contributed by atoms with van der Waals surface area (Å²) in [6, 6.07) is 0.0586. The van der Waals surface area contributed by atoms with E-state index < -0.39 is 5.60 Å². The summed E-state index contributed by atoms with van der Waals surface area (Å²) in [7, 11) is 1.89. The Morgan fingerprint density at radius 1 is 1.32 bits per heavy atom. The molecule has 1 amide bonds. The van der Waals surface area contributed by atoms with Crippen LogP contribution >= 0.6 is 0 Å². The molecule has 0 unspecified atom stereocenters. The first kappa shape index (κ1) is 19.3. The minimum absolute atomic E-state index is 0.0586. The molecule has 0 saturated carbocycles. The minimum atomic E-state index is -0.507. The average molecular weight is 348 g/mol. The van der Waals surface area contributed by atoms with Gasteiger partial charge in [-0.05, 0) is 47.1 Å². The molecule has 25 heavy (non-hydrogen) atoms. The smallest absolute Gasteiger partial charge is 0.410 e. The molecule has 1 aromatic rings. The second-order valence-corrected chi connectivity index (χ2v) is 7.53. The molecule has 2 rings (SSSR count). The predicted octanol–water partition coefficient (Wildman–Crippen LogP) is 2.38. The maximum Gasteiger partial charge on any atom is 0.410 e. The number of rotatable bonds is 5. The van der Waals surface area contributed by atoms with Crippen molar-refractivity contribution in [3.8, 4) is 0 Å². The number of nitrogens with zero attached hydrogens (tertiary/aromatic N) is 4.